The third kappa shape index (κ3) is 3.62. The predicted molar refractivity (Wildman–Crippen MR) is 76.3 cm³/mol. The summed E-state index contributed by atoms with van der Waals surface area (Å²) >= 11 is 1.36. The number of carbonyl (C=O) groups is 1. The molecule has 0 amide bonds. The van der Waals surface area contributed by atoms with Crippen LogP contribution in [0.3, 0.4) is 0 Å². The zero-order valence-electron chi connectivity index (χ0n) is 11.6. The molecule has 1 rings (SSSR count). The lowest BCUT2D eigenvalue weighted by Crippen LogP contribution is -2.51. The Kier molecular flexibility index (Phi) is 6.10. The number of carboxylic acid groups (broad SMARTS) is 1. The van der Waals surface area contributed by atoms with Gasteiger partial charge in [-0.05, 0) is 19.8 Å². The molecule has 1 aliphatic heterocycles. The first-order chi connectivity index (χ1) is 8.86. The molecule has 0 aromatic rings. The number of hydrogen-bond donors (Lipinski definition) is 1. The molecule has 1 fully saturated rings. The lowest BCUT2D eigenvalue weighted by molar-refractivity contribution is -0.140. The summed E-state index contributed by atoms with van der Waals surface area (Å²) in [7, 11) is -3.70. The van der Waals surface area contributed by atoms with E-state index >= 15 is 0 Å². The van der Waals surface area contributed by atoms with Gasteiger partial charge in [-0.2, -0.15) is 17.0 Å². The molecule has 1 saturated heterocycles. The molecule has 0 aliphatic carbocycles. The van der Waals surface area contributed by atoms with Gasteiger partial charge in [-0.3, -0.25) is 4.79 Å². The predicted octanol–water partition coefficient (Wildman–Crippen LogP) is 1.20. The van der Waals surface area contributed by atoms with Gasteiger partial charge in [0.15, 0.2) is 0 Å². The Labute approximate surface area is 119 Å². The number of aliphatic carboxylic acids is 1. The van der Waals surface area contributed by atoms with E-state index in [2.05, 4.69) is 0 Å². The van der Waals surface area contributed by atoms with Crippen molar-refractivity contribution in [3.8, 4) is 0 Å². The third-order valence-electron chi connectivity index (χ3n) is 2.98. The minimum absolute atomic E-state index is 0.307. The van der Waals surface area contributed by atoms with Gasteiger partial charge in [-0.25, -0.2) is 0 Å². The van der Waals surface area contributed by atoms with E-state index in [4.69, 9.17) is 5.11 Å². The van der Waals surface area contributed by atoms with Crippen molar-refractivity contribution < 1.29 is 18.3 Å². The topological polar surface area (TPSA) is 77.9 Å². The molecule has 0 spiro atoms. The van der Waals surface area contributed by atoms with Gasteiger partial charge < -0.3 is 5.11 Å². The van der Waals surface area contributed by atoms with Crippen molar-refractivity contribution in [3.05, 3.63) is 0 Å². The van der Waals surface area contributed by atoms with Gasteiger partial charge in [0.25, 0.3) is 10.2 Å². The highest BCUT2D eigenvalue weighted by molar-refractivity contribution is 8.01. The lowest BCUT2D eigenvalue weighted by atomic mass is 10.3. The van der Waals surface area contributed by atoms with Crippen LogP contribution in [0.2, 0.25) is 0 Å². The van der Waals surface area contributed by atoms with Crippen molar-refractivity contribution in [2.75, 3.05) is 18.8 Å². The van der Waals surface area contributed by atoms with Crippen LogP contribution in [0.5, 0.6) is 0 Å². The molecule has 1 N–H and O–H groups in total. The van der Waals surface area contributed by atoms with E-state index in [-0.39, 0.29) is 5.37 Å². The van der Waals surface area contributed by atoms with E-state index in [1.165, 1.54) is 16.1 Å². The normalized spacial score (nSPS) is 25.1. The second kappa shape index (κ2) is 6.92. The summed E-state index contributed by atoms with van der Waals surface area (Å²) in [5.74, 6) is -0.768. The SMILES string of the molecule is CCCN(CCC)S(=O)(=O)N1C(C)SCC1C(=O)O. The molecule has 19 heavy (non-hydrogen) atoms. The highest BCUT2D eigenvalue weighted by atomic mass is 32.2. The fraction of sp³-hybridized carbons (Fsp3) is 0.909. The highest BCUT2D eigenvalue weighted by Gasteiger charge is 2.45. The van der Waals surface area contributed by atoms with Gasteiger partial charge in [0.1, 0.15) is 6.04 Å². The minimum atomic E-state index is -3.70. The molecule has 0 radical (unpaired) electrons. The molecule has 2 atom stereocenters. The molecule has 0 bridgehead atoms. The summed E-state index contributed by atoms with van der Waals surface area (Å²) in [6.45, 7) is 6.41. The minimum Gasteiger partial charge on any atom is -0.480 e. The number of rotatable bonds is 7. The standard InChI is InChI=1S/C11H22N2O4S2/c1-4-6-12(7-5-2)19(16,17)13-9(3)18-8-10(13)11(14)15/h9-10H,4-8H2,1-3H3,(H,14,15). The molecule has 1 aliphatic rings. The molecule has 0 aromatic heterocycles. The average Bonchev–Trinajstić information content (AvgIpc) is 2.71. The van der Waals surface area contributed by atoms with Gasteiger partial charge in [-0.1, -0.05) is 13.8 Å². The smallest absolute Gasteiger partial charge is 0.322 e. The van der Waals surface area contributed by atoms with E-state index in [0.29, 0.717) is 31.7 Å². The summed E-state index contributed by atoms with van der Waals surface area (Å²) in [6, 6.07) is -0.957. The van der Waals surface area contributed by atoms with Crippen LogP contribution in [-0.2, 0) is 15.0 Å². The molecule has 112 valence electrons. The molecule has 0 saturated carbocycles. The van der Waals surface area contributed by atoms with Crippen molar-refractivity contribution in [1.82, 2.24) is 8.61 Å². The molecule has 1 heterocycles. The number of thioether (sulfide) groups is 1. The molecular formula is C11H22N2O4S2. The van der Waals surface area contributed by atoms with E-state index < -0.39 is 22.2 Å². The summed E-state index contributed by atoms with van der Waals surface area (Å²) < 4.78 is 27.8. The van der Waals surface area contributed by atoms with E-state index in [0.717, 1.165) is 4.31 Å². The van der Waals surface area contributed by atoms with Crippen LogP contribution >= 0.6 is 11.8 Å². The summed E-state index contributed by atoms with van der Waals surface area (Å²) in [6.07, 6.45) is 1.43. The Morgan fingerprint density at radius 2 is 1.89 bits per heavy atom. The zero-order chi connectivity index (χ0) is 14.6. The van der Waals surface area contributed by atoms with E-state index in [1.54, 1.807) is 6.92 Å². The summed E-state index contributed by atoms with van der Waals surface area (Å²) in [5.41, 5.74) is 0. The van der Waals surface area contributed by atoms with E-state index in [9.17, 15) is 13.2 Å². The maximum atomic E-state index is 12.6. The van der Waals surface area contributed by atoms with Gasteiger partial charge in [0.05, 0.1) is 5.37 Å². The Bertz CT molecular complexity index is 407. The van der Waals surface area contributed by atoms with E-state index in [1.807, 2.05) is 13.8 Å². The van der Waals surface area contributed by atoms with Crippen LogP contribution in [-0.4, -0.2) is 58.4 Å². The van der Waals surface area contributed by atoms with Crippen LogP contribution in [0.4, 0.5) is 0 Å². The van der Waals surface area contributed by atoms with Gasteiger partial charge in [0.2, 0.25) is 0 Å². The quantitative estimate of drug-likeness (QED) is 0.764. The first kappa shape index (κ1) is 16.7. The Hall–Kier alpha value is -0.310. The van der Waals surface area contributed by atoms with Crippen molar-refractivity contribution in [2.24, 2.45) is 0 Å². The average molecular weight is 310 g/mol. The summed E-state index contributed by atoms with van der Waals surface area (Å²) in [5, 5.41) is 8.84. The van der Waals surface area contributed by atoms with Gasteiger partial charge in [0, 0.05) is 18.8 Å². The maximum absolute atomic E-state index is 12.6. The van der Waals surface area contributed by atoms with Crippen molar-refractivity contribution in [3.63, 3.8) is 0 Å². The van der Waals surface area contributed by atoms with Crippen LogP contribution in [0, 0.1) is 0 Å². The second-order valence-corrected chi connectivity index (χ2v) is 7.71. The number of carboxylic acids is 1. The van der Waals surface area contributed by atoms with Gasteiger partial charge >= 0.3 is 5.97 Å². The maximum Gasteiger partial charge on any atom is 0.322 e. The Balaban J connectivity index is 3.04. The highest BCUT2D eigenvalue weighted by Crippen LogP contribution is 2.32. The number of nitrogens with zero attached hydrogens (tertiary/aromatic N) is 2. The first-order valence-electron chi connectivity index (χ1n) is 6.49. The second-order valence-electron chi connectivity index (χ2n) is 4.52. The molecule has 8 heteroatoms. The third-order valence-corrected chi connectivity index (χ3v) is 6.46. The molecule has 2 unspecified atom stereocenters. The number of hydrogen-bond acceptors (Lipinski definition) is 4. The molecule has 6 nitrogen and oxygen atoms in total. The van der Waals surface area contributed by atoms with Crippen molar-refractivity contribution in [2.45, 2.75) is 45.0 Å². The van der Waals surface area contributed by atoms with Crippen molar-refractivity contribution >= 4 is 27.9 Å². The molecular weight excluding hydrogens is 288 g/mol. The van der Waals surface area contributed by atoms with Crippen LogP contribution in [0.1, 0.15) is 33.6 Å². The van der Waals surface area contributed by atoms with Crippen LogP contribution in [0.25, 0.3) is 0 Å². The fourth-order valence-corrected chi connectivity index (χ4v) is 5.75. The zero-order valence-corrected chi connectivity index (χ0v) is 13.2. The molecule has 0 aromatic carbocycles. The van der Waals surface area contributed by atoms with Crippen LogP contribution in [0.15, 0.2) is 0 Å². The summed E-state index contributed by atoms with van der Waals surface area (Å²) in [4.78, 5) is 11.2. The fourth-order valence-electron chi connectivity index (χ4n) is 2.13. The monoisotopic (exact) mass is 310 g/mol. The lowest BCUT2D eigenvalue weighted by Gasteiger charge is -2.31. The first-order valence-corrected chi connectivity index (χ1v) is 8.93. The van der Waals surface area contributed by atoms with Crippen molar-refractivity contribution in [1.29, 1.82) is 0 Å². The van der Waals surface area contributed by atoms with Crippen LogP contribution < -0.4 is 0 Å². The Morgan fingerprint density at radius 3 is 2.32 bits per heavy atom. The van der Waals surface area contributed by atoms with Gasteiger partial charge in [-0.15, -0.1) is 11.8 Å². The largest absolute Gasteiger partial charge is 0.480 e. The Morgan fingerprint density at radius 1 is 1.37 bits per heavy atom.